The van der Waals surface area contributed by atoms with E-state index in [1.807, 2.05) is 13.8 Å². The van der Waals surface area contributed by atoms with Gasteiger partial charge in [-0.2, -0.15) is 0 Å². The molecule has 2 rings (SSSR count). The number of rotatable bonds is 2. The van der Waals surface area contributed by atoms with Crippen molar-refractivity contribution in [3.8, 4) is 0 Å². The molecule has 0 saturated carbocycles. The van der Waals surface area contributed by atoms with Gasteiger partial charge in [0.2, 0.25) is 5.91 Å². The van der Waals surface area contributed by atoms with E-state index in [4.69, 9.17) is 5.73 Å². The number of carbonyl (C=O) groups excluding carboxylic acids is 1. The van der Waals surface area contributed by atoms with Gasteiger partial charge in [0.25, 0.3) is 0 Å². The van der Waals surface area contributed by atoms with Crippen LogP contribution in [0.4, 0.5) is 10.1 Å². The summed E-state index contributed by atoms with van der Waals surface area (Å²) in [4.78, 5) is 13.7. The van der Waals surface area contributed by atoms with Crippen molar-refractivity contribution < 1.29 is 9.18 Å². The van der Waals surface area contributed by atoms with Gasteiger partial charge in [0.15, 0.2) is 0 Å². The number of nitrogens with one attached hydrogen (secondary N) is 1. The fraction of sp³-hybridized carbons (Fsp3) is 0.462. The molecule has 1 amide bonds. The van der Waals surface area contributed by atoms with Crippen molar-refractivity contribution in [2.24, 2.45) is 5.73 Å². The van der Waals surface area contributed by atoms with Crippen molar-refractivity contribution in [1.82, 2.24) is 5.32 Å². The number of hydrogen-bond donors (Lipinski definition) is 2. The Morgan fingerprint density at radius 1 is 1.50 bits per heavy atom. The molecule has 18 heavy (non-hydrogen) atoms. The first-order valence-electron chi connectivity index (χ1n) is 5.98. The molecule has 4 nitrogen and oxygen atoms in total. The molecule has 1 unspecified atom stereocenters. The van der Waals surface area contributed by atoms with Gasteiger partial charge >= 0.3 is 0 Å². The second kappa shape index (κ2) is 4.57. The Morgan fingerprint density at radius 3 is 2.78 bits per heavy atom. The number of anilines is 1. The van der Waals surface area contributed by atoms with Crippen LogP contribution in [0.2, 0.25) is 0 Å². The average Bonchev–Trinajstić information content (AvgIpc) is 2.27. The minimum absolute atomic E-state index is 0.156. The van der Waals surface area contributed by atoms with Crippen LogP contribution in [0.5, 0.6) is 0 Å². The number of amides is 1. The van der Waals surface area contributed by atoms with Crippen LogP contribution in [0.3, 0.4) is 0 Å². The summed E-state index contributed by atoms with van der Waals surface area (Å²) in [5.41, 5.74) is 5.66. The summed E-state index contributed by atoms with van der Waals surface area (Å²) in [6.07, 6.45) is 0. The molecule has 1 heterocycles. The predicted molar refractivity (Wildman–Crippen MR) is 68.8 cm³/mol. The van der Waals surface area contributed by atoms with Crippen LogP contribution >= 0.6 is 0 Å². The fourth-order valence-electron chi connectivity index (χ4n) is 2.31. The summed E-state index contributed by atoms with van der Waals surface area (Å²) in [6.45, 7) is 4.51. The van der Waals surface area contributed by atoms with E-state index in [0.717, 1.165) is 0 Å². The quantitative estimate of drug-likeness (QED) is 0.820. The van der Waals surface area contributed by atoms with Crippen LogP contribution in [-0.4, -0.2) is 30.6 Å². The molecule has 0 aliphatic carbocycles. The van der Waals surface area contributed by atoms with E-state index in [9.17, 15) is 9.18 Å². The van der Waals surface area contributed by atoms with Crippen molar-refractivity contribution >= 4 is 11.6 Å². The van der Waals surface area contributed by atoms with Crippen LogP contribution in [0, 0.1) is 5.82 Å². The van der Waals surface area contributed by atoms with E-state index in [-0.39, 0.29) is 18.3 Å². The maximum absolute atomic E-state index is 13.8. The minimum atomic E-state index is -0.519. The highest BCUT2D eigenvalue weighted by atomic mass is 19.1. The number of halogens is 1. The molecule has 1 aromatic carbocycles. The van der Waals surface area contributed by atoms with E-state index in [1.54, 1.807) is 23.1 Å². The van der Waals surface area contributed by atoms with E-state index >= 15 is 0 Å². The molecule has 0 aromatic heterocycles. The average molecular weight is 251 g/mol. The molecule has 1 aliphatic heterocycles. The molecule has 0 bridgehead atoms. The van der Waals surface area contributed by atoms with Gasteiger partial charge in [0.1, 0.15) is 11.9 Å². The highest BCUT2D eigenvalue weighted by molar-refractivity contribution is 5.87. The SMILES string of the molecule is CC1(C)CN(c2ccccc2F)C(CN)C(=O)N1. The zero-order chi connectivity index (χ0) is 13.3. The Bertz CT molecular complexity index is 461. The number of hydrogen-bond acceptors (Lipinski definition) is 3. The molecule has 1 aromatic rings. The lowest BCUT2D eigenvalue weighted by molar-refractivity contribution is -0.125. The standard InChI is InChI=1S/C13H18FN3O/c1-13(2)8-17(11(7-15)12(18)16-13)10-6-4-3-5-9(10)14/h3-6,11H,7-8,15H2,1-2H3,(H,16,18). The fourth-order valence-corrected chi connectivity index (χ4v) is 2.31. The molecule has 1 aliphatic rings. The number of nitrogens with zero attached hydrogens (tertiary/aromatic N) is 1. The minimum Gasteiger partial charge on any atom is -0.354 e. The highest BCUT2D eigenvalue weighted by Gasteiger charge is 2.38. The molecule has 98 valence electrons. The smallest absolute Gasteiger partial charge is 0.244 e. The molecule has 0 radical (unpaired) electrons. The van der Waals surface area contributed by atoms with E-state index in [0.29, 0.717) is 12.2 Å². The monoisotopic (exact) mass is 251 g/mol. The molecule has 5 heteroatoms. The number of para-hydroxylation sites is 1. The zero-order valence-electron chi connectivity index (χ0n) is 10.6. The van der Waals surface area contributed by atoms with Crippen molar-refractivity contribution in [2.75, 3.05) is 18.0 Å². The van der Waals surface area contributed by atoms with Crippen LogP contribution in [-0.2, 0) is 4.79 Å². The Labute approximate surface area is 106 Å². The van der Waals surface area contributed by atoms with Crippen LogP contribution < -0.4 is 16.0 Å². The number of benzene rings is 1. The first-order valence-corrected chi connectivity index (χ1v) is 5.98. The summed E-state index contributed by atoms with van der Waals surface area (Å²) in [7, 11) is 0. The van der Waals surface area contributed by atoms with Crippen LogP contribution in [0.15, 0.2) is 24.3 Å². The van der Waals surface area contributed by atoms with Gasteiger partial charge < -0.3 is 16.0 Å². The van der Waals surface area contributed by atoms with E-state index in [1.165, 1.54) is 6.07 Å². The highest BCUT2D eigenvalue weighted by Crippen LogP contribution is 2.26. The van der Waals surface area contributed by atoms with Crippen molar-refractivity contribution in [1.29, 1.82) is 0 Å². The van der Waals surface area contributed by atoms with Crippen molar-refractivity contribution in [3.63, 3.8) is 0 Å². The van der Waals surface area contributed by atoms with Gasteiger partial charge in [-0.05, 0) is 26.0 Å². The Hall–Kier alpha value is -1.62. The first-order chi connectivity index (χ1) is 8.44. The van der Waals surface area contributed by atoms with Crippen molar-refractivity contribution in [2.45, 2.75) is 25.4 Å². The summed E-state index contributed by atoms with van der Waals surface area (Å²) >= 11 is 0. The van der Waals surface area contributed by atoms with Crippen LogP contribution in [0.1, 0.15) is 13.8 Å². The lowest BCUT2D eigenvalue weighted by Gasteiger charge is -2.44. The third-order valence-corrected chi connectivity index (χ3v) is 3.09. The maximum Gasteiger partial charge on any atom is 0.244 e. The molecular weight excluding hydrogens is 233 g/mol. The topological polar surface area (TPSA) is 58.4 Å². The predicted octanol–water partition coefficient (Wildman–Crippen LogP) is 0.868. The van der Waals surface area contributed by atoms with E-state index in [2.05, 4.69) is 5.32 Å². The van der Waals surface area contributed by atoms with Crippen molar-refractivity contribution in [3.05, 3.63) is 30.1 Å². The molecule has 3 N–H and O–H groups in total. The van der Waals surface area contributed by atoms with Gasteiger partial charge in [-0.25, -0.2) is 4.39 Å². The second-order valence-corrected chi connectivity index (χ2v) is 5.20. The zero-order valence-corrected chi connectivity index (χ0v) is 10.6. The number of nitrogens with two attached hydrogens (primary N) is 1. The number of carbonyl (C=O) groups is 1. The Kier molecular flexibility index (Phi) is 3.26. The number of piperazine rings is 1. The second-order valence-electron chi connectivity index (χ2n) is 5.20. The summed E-state index contributed by atoms with van der Waals surface area (Å²) in [6, 6.07) is 5.93. The lowest BCUT2D eigenvalue weighted by Crippen LogP contribution is -2.66. The molecule has 1 fully saturated rings. The molecule has 1 atom stereocenters. The van der Waals surface area contributed by atoms with Gasteiger partial charge in [-0.3, -0.25) is 4.79 Å². The third-order valence-electron chi connectivity index (χ3n) is 3.09. The van der Waals surface area contributed by atoms with Gasteiger partial charge in [-0.15, -0.1) is 0 Å². The Balaban J connectivity index is 2.39. The lowest BCUT2D eigenvalue weighted by atomic mass is 9.97. The van der Waals surface area contributed by atoms with Gasteiger partial charge in [-0.1, -0.05) is 12.1 Å². The normalized spacial score (nSPS) is 22.8. The third kappa shape index (κ3) is 2.31. The van der Waals surface area contributed by atoms with E-state index < -0.39 is 11.6 Å². The summed E-state index contributed by atoms with van der Waals surface area (Å²) in [5, 5.41) is 2.89. The summed E-state index contributed by atoms with van der Waals surface area (Å²) < 4.78 is 13.8. The molecular formula is C13H18FN3O. The largest absolute Gasteiger partial charge is 0.354 e. The molecule has 0 spiro atoms. The van der Waals surface area contributed by atoms with Crippen LogP contribution in [0.25, 0.3) is 0 Å². The van der Waals surface area contributed by atoms with Gasteiger partial charge in [0, 0.05) is 13.1 Å². The van der Waals surface area contributed by atoms with Gasteiger partial charge in [0.05, 0.1) is 11.2 Å². The molecule has 1 saturated heterocycles. The Morgan fingerprint density at radius 2 is 2.17 bits per heavy atom. The summed E-state index contributed by atoms with van der Waals surface area (Å²) in [5.74, 6) is -0.488. The maximum atomic E-state index is 13.8. The first kappa shape index (κ1) is 12.8.